The molecule has 0 spiro atoms. The maximum absolute atomic E-state index is 11.0. The van der Waals surface area contributed by atoms with Crippen LogP contribution in [0.5, 0.6) is 0 Å². The van der Waals surface area contributed by atoms with Gasteiger partial charge in [-0.3, -0.25) is 9.78 Å². The summed E-state index contributed by atoms with van der Waals surface area (Å²) in [4.78, 5) is 15.0. The summed E-state index contributed by atoms with van der Waals surface area (Å²) in [6.07, 6.45) is 4.53. The zero-order valence-electron chi connectivity index (χ0n) is 8.73. The number of aromatic nitrogens is 1. The molecule has 1 aliphatic heterocycles. The van der Waals surface area contributed by atoms with Crippen LogP contribution in [0.4, 0.5) is 5.69 Å². The first-order valence-corrected chi connectivity index (χ1v) is 5.17. The molecule has 2 N–H and O–H groups in total. The minimum Gasteiger partial charge on any atom is -0.378 e. The van der Waals surface area contributed by atoms with E-state index in [4.69, 9.17) is 5.26 Å². The van der Waals surface area contributed by atoms with Gasteiger partial charge in [-0.05, 0) is 12.5 Å². The summed E-state index contributed by atoms with van der Waals surface area (Å²) in [5.41, 5.74) is 1.30. The number of carbonyl (C=O) groups excluding carboxylic acids is 1. The van der Waals surface area contributed by atoms with Gasteiger partial charge >= 0.3 is 0 Å². The Morgan fingerprint density at radius 3 is 3.19 bits per heavy atom. The molecular weight excluding hydrogens is 204 g/mol. The molecule has 0 saturated carbocycles. The van der Waals surface area contributed by atoms with Crippen LogP contribution in [-0.4, -0.2) is 23.5 Å². The Kier molecular flexibility index (Phi) is 3.01. The maximum Gasteiger partial charge on any atom is 0.220 e. The second-order valence-corrected chi connectivity index (χ2v) is 3.72. The fourth-order valence-corrected chi connectivity index (χ4v) is 1.68. The summed E-state index contributed by atoms with van der Waals surface area (Å²) in [6, 6.07) is 3.95. The molecule has 0 bridgehead atoms. The van der Waals surface area contributed by atoms with Gasteiger partial charge in [-0.2, -0.15) is 5.26 Å². The Labute approximate surface area is 93.5 Å². The predicted octanol–water partition coefficient (Wildman–Crippen LogP) is 0.644. The van der Waals surface area contributed by atoms with Gasteiger partial charge in [-0.25, -0.2) is 0 Å². The number of nitrogens with one attached hydrogen (secondary N) is 2. The number of piperidine rings is 1. The third-order valence-electron chi connectivity index (χ3n) is 2.57. The van der Waals surface area contributed by atoms with Crippen LogP contribution in [0.3, 0.4) is 0 Å². The van der Waals surface area contributed by atoms with E-state index in [1.807, 2.05) is 0 Å². The number of carbonyl (C=O) groups is 1. The van der Waals surface area contributed by atoms with Gasteiger partial charge in [0.25, 0.3) is 0 Å². The summed E-state index contributed by atoms with van der Waals surface area (Å²) in [5.74, 6) is 0.0877. The first kappa shape index (κ1) is 10.4. The molecule has 1 aliphatic rings. The van der Waals surface area contributed by atoms with Crippen molar-refractivity contribution >= 4 is 11.6 Å². The second kappa shape index (κ2) is 4.62. The molecule has 1 atom stereocenters. The highest BCUT2D eigenvalue weighted by molar-refractivity contribution is 5.77. The van der Waals surface area contributed by atoms with Crippen LogP contribution in [0.15, 0.2) is 18.5 Å². The lowest BCUT2D eigenvalue weighted by molar-refractivity contribution is -0.122. The Morgan fingerprint density at radius 1 is 1.62 bits per heavy atom. The second-order valence-electron chi connectivity index (χ2n) is 3.72. The van der Waals surface area contributed by atoms with Crippen LogP contribution in [0.1, 0.15) is 18.4 Å². The molecule has 0 aromatic carbocycles. The Morgan fingerprint density at radius 2 is 2.50 bits per heavy atom. The zero-order chi connectivity index (χ0) is 11.4. The molecule has 5 nitrogen and oxygen atoms in total. The maximum atomic E-state index is 11.0. The summed E-state index contributed by atoms with van der Waals surface area (Å²) >= 11 is 0. The molecule has 16 heavy (non-hydrogen) atoms. The zero-order valence-corrected chi connectivity index (χ0v) is 8.73. The SMILES string of the molecule is N#Cc1ccncc1NC1CCC(=O)NC1. The normalized spacial score (nSPS) is 19.7. The van der Waals surface area contributed by atoms with Gasteiger partial charge in [0, 0.05) is 25.2 Å². The largest absolute Gasteiger partial charge is 0.378 e. The van der Waals surface area contributed by atoms with Crippen molar-refractivity contribution in [3.63, 3.8) is 0 Å². The minimum atomic E-state index is 0.0877. The molecule has 1 fully saturated rings. The van der Waals surface area contributed by atoms with Gasteiger partial charge in [-0.1, -0.05) is 0 Å². The topological polar surface area (TPSA) is 77.8 Å². The quantitative estimate of drug-likeness (QED) is 0.760. The van der Waals surface area contributed by atoms with E-state index in [1.54, 1.807) is 18.5 Å². The molecule has 0 aliphatic carbocycles. The lowest BCUT2D eigenvalue weighted by Gasteiger charge is -2.24. The van der Waals surface area contributed by atoms with E-state index < -0.39 is 0 Å². The van der Waals surface area contributed by atoms with E-state index in [-0.39, 0.29) is 11.9 Å². The van der Waals surface area contributed by atoms with Crippen LogP contribution >= 0.6 is 0 Å². The Balaban J connectivity index is 2.04. The average Bonchev–Trinajstić information content (AvgIpc) is 2.33. The number of hydrogen-bond acceptors (Lipinski definition) is 4. The molecule has 1 saturated heterocycles. The molecule has 1 unspecified atom stereocenters. The van der Waals surface area contributed by atoms with E-state index in [0.29, 0.717) is 18.5 Å². The van der Waals surface area contributed by atoms with Crippen molar-refractivity contribution < 1.29 is 4.79 Å². The van der Waals surface area contributed by atoms with Crippen molar-refractivity contribution in [1.82, 2.24) is 10.3 Å². The van der Waals surface area contributed by atoms with E-state index in [2.05, 4.69) is 21.7 Å². The Hall–Kier alpha value is -2.09. The molecule has 5 heteroatoms. The molecule has 1 amide bonds. The van der Waals surface area contributed by atoms with Gasteiger partial charge < -0.3 is 10.6 Å². The lowest BCUT2D eigenvalue weighted by atomic mass is 10.1. The van der Waals surface area contributed by atoms with Crippen LogP contribution in [0.25, 0.3) is 0 Å². The van der Waals surface area contributed by atoms with Crippen molar-refractivity contribution in [2.24, 2.45) is 0 Å². The number of amides is 1. The third kappa shape index (κ3) is 2.28. The predicted molar refractivity (Wildman–Crippen MR) is 58.6 cm³/mol. The summed E-state index contributed by atoms with van der Waals surface area (Å²) < 4.78 is 0. The minimum absolute atomic E-state index is 0.0877. The first-order chi connectivity index (χ1) is 7.79. The van der Waals surface area contributed by atoms with Crippen molar-refractivity contribution in [3.8, 4) is 6.07 Å². The number of nitriles is 1. The van der Waals surface area contributed by atoms with Crippen molar-refractivity contribution in [2.75, 3.05) is 11.9 Å². The third-order valence-corrected chi connectivity index (χ3v) is 2.57. The molecular formula is C11H12N4O. The lowest BCUT2D eigenvalue weighted by Crippen LogP contribution is -2.42. The van der Waals surface area contributed by atoms with Crippen molar-refractivity contribution in [2.45, 2.75) is 18.9 Å². The Bertz CT molecular complexity index is 428. The van der Waals surface area contributed by atoms with Crippen LogP contribution in [0.2, 0.25) is 0 Å². The number of rotatable bonds is 2. The van der Waals surface area contributed by atoms with Crippen LogP contribution in [-0.2, 0) is 4.79 Å². The molecule has 2 rings (SSSR count). The average molecular weight is 216 g/mol. The fraction of sp³-hybridized carbons (Fsp3) is 0.364. The smallest absolute Gasteiger partial charge is 0.220 e. The highest BCUT2D eigenvalue weighted by Crippen LogP contribution is 2.15. The van der Waals surface area contributed by atoms with Crippen molar-refractivity contribution in [1.29, 1.82) is 5.26 Å². The number of pyridine rings is 1. The molecule has 1 aromatic heterocycles. The first-order valence-electron chi connectivity index (χ1n) is 5.17. The molecule has 0 radical (unpaired) electrons. The van der Waals surface area contributed by atoms with Gasteiger partial charge in [0.05, 0.1) is 17.4 Å². The summed E-state index contributed by atoms with van der Waals surface area (Å²) in [5, 5.41) is 14.9. The summed E-state index contributed by atoms with van der Waals surface area (Å²) in [6.45, 7) is 0.596. The highest BCUT2D eigenvalue weighted by atomic mass is 16.1. The van der Waals surface area contributed by atoms with Gasteiger partial charge in [-0.15, -0.1) is 0 Å². The van der Waals surface area contributed by atoms with Gasteiger partial charge in [0.1, 0.15) is 6.07 Å². The number of nitrogens with zero attached hydrogens (tertiary/aromatic N) is 2. The van der Waals surface area contributed by atoms with Gasteiger partial charge in [0.2, 0.25) is 5.91 Å². The number of hydrogen-bond donors (Lipinski definition) is 2. The van der Waals surface area contributed by atoms with Gasteiger partial charge in [0.15, 0.2) is 0 Å². The van der Waals surface area contributed by atoms with Crippen LogP contribution < -0.4 is 10.6 Å². The van der Waals surface area contributed by atoms with Crippen LogP contribution in [0, 0.1) is 11.3 Å². The fourth-order valence-electron chi connectivity index (χ4n) is 1.68. The van der Waals surface area contributed by atoms with Crippen molar-refractivity contribution in [3.05, 3.63) is 24.0 Å². The monoisotopic (exact) mass is 216 g/mol. The molecule has 82 valence electrons. The van der Waals surface area contributed by atoms with E-state index in [9.17, 15) is 4.79 Å². The molecule has 2 heterocycles. The number of anilines is 1. The van der Waals surface area contributed by atoms with E-state index >= 15 is 0 Å². The molecule has 1 aromatic rings. The highest BCUT2D eigenvalue weighted by Gasteiger charge is 2.18. The standard InChI is InChI=1S/C11H12N4O/c12-5-8-3-4-13-7-10(8)15-9-1-2-11(16)14-6-9/h3-4,7,9,15H,1-2,6H2,(H,14,16). The summed E-state index contributed by atoms with van der Waals surface area (Å²) in [7, 11) is 0. The van der Waals surface area contributed by atoms with E-state index in [0.717, 1.165) is 12.1 Å². The van der Waals surface area contributed by atoms with E-state index in [1.165, 1.54) is 0 Å².